The lowest BCUT2D eigenvalue weighted by molar-refractivity contribution is 0.102. The number of carbonyl (C=O) groups is 2. The fraction of sp³-hybridized carbons (Fsp3) is 0.0909. The van der Waals surface area contributed by atoms with E-state index in [1.807, 2.05) is 0 Å². The molecule has 0 unspecified atom stereocenters. The Kier molecular flexibility index (Phi) is 6.64. The standard InChI is InChI=1S/C22H22N4O5S/c1-14-3-12-19(32(29,30)26-17-8-10-18(31-2)11-9-17)13-20(14)21(27)24-15-4-6-16(7-5-15)25-22(23)28/h3-13,26H,1-2H3,(H,24,27)(H3,23,25,28). The summed E-state index contributed by atoms with van der Waals surface area (Å²) in [5, 5.41) is 5.13. The summed E-state index contributed by atoms with van der Waals surface area (Å²) in [7, 11) is -2.40. The third-order valence-electron chi connectivity index (χ3n) is 4.52. The average molecular weight is 455 g/mol. The highest BCUT2D eigenvalue weighted by Gasteiger charge is 2.18. The van der Waals surface area contributed by atoms with Gasteiger partial charge in [-0.05, 0) is 73.2 Å². The third kappa shape index (κ3) is 5.55. The van der Waals surface area contributed by atoms with Gasteiger partial charge in [0.1, 0.15) is 5.75 Å². The topological polar surface area (TPSA) is 140 Å². The van der Waals surface area contributed by atoms with Crippen LogP contribution < -0.4 is 25.8 Å². The number of urea groups is 1. The number of nitrogens with one attached hydrogen (secondary N) is 3. The molecule has 32 heavy (non-hydrogen) atoms. The molecule has 3 rings (SSSR count). The van der Waals surface area contributed by atoms with Crippen molar-refractivity contribution in [1.82, 2.24) is 0 Å². The number of sulfonamides is 1. The summed E-state index contributed by atoms with van der Waals surface area (Å²) in [6.45, 7) is 1.71. The first kappa shape index (κ1) is 22.6. The summed E-state index contributed by atoms with van der Waals surface area (Å²) in [6.07, 6.45) is 0. The van der Waals surface area contributed by atoms with E-state index in [2.05, 4.69) is 15.4 Å². The molecule has 0 saturated carbocycles. The summed E-state index contributed by atoms with van der Waals surface area (Å²) in [4.78, 5) is 23.6. The van der Waals surface area contributed by atoms with E-state index >= 15 is 0 Å². The maximum Gasteiger partial charge on any atom is 0.316 e. The van der Waals surface area contributed by atoms with Crippen LogP contribution in [0.2, 0.25) is 0 Å². The summed E-state index contributed by atoms with van der Waals surface area (Å²) >= 11 is 0. The second-order valence-electron chi connectivity index (χ2n) is 6.83. The van der Waals surface area contributed by atoms with Crippen molar-refractivity contribution in [2.24, 2.45) is 5.73 Å². The molecule has 3 aromatic rings. The molecule has 0 fully saturated rings. The van der Waals surface area contributed by atoms with E-state index in [0.29, 0.717) is 28.4 Å². The Hall–Kier alpha value is -4.05. The lowest BCUT2D eigenvalue weighted by Crippen LogP contribution is -2.19. The predicted molar refractivity (Wildman–Crippen MR) is 123 cm³/mol. The molecule has 0 heterocycles. The minimum atomic E-state index is -3.92. The van der Waals surface area contributed by atoms with Crippen LogP contribution in [0.15, 0.2) is 71.6 Å². The number of aryl methyl sites for hydroxylation is 1. The van der Waals surface area contributed by atoms with Gasteiger partial charge in [0, 0.05) is 22.6 Å². The molecule has 0 bridgehead atoms. The molecule has 166 valence electrons. The van der Waals surface area contributed by atoms with Gasteiger partial charge < -0.3 is 21.1 Å². The first-order chi connectivity index (χ1) is 15.2. The van der Waals surface area contributed by atoms with Crippen molar-refractivity contribution < 1.29 is 22.7 Å². The number of carbonyl (C=O) groups excluding carboxylic acids is 2. The summed E-state index contributed by atoms with van der Waals surface area (Å²) < 4.78 is 33.2. The van der Waals surface area contributed by atoms with Gasteiger partial charge >= 0.3 is 6.03 Å². The van der Waals surface area contributed by atoms with E-state index in [1.165, 1.54) is 19.2 Å². The molecule has 0 radical (unpaired) electrons. The Morgan fingerprint density at radius 3 is 1.97 bits per heavy atom. The molecule has 0 aliphatic heterocycles. The molecular formula is C22H22N4O5S. The highest BCUT2D eigenvalue weighted by molar-refractivity contribution is 7.92. The quantitative estimate of drug-likeness (QED) is 0.432. The number of hydrogen-bond acceptors (Lipinski definition) is 5. The van der Waals surface area contributed by atoms with Crippen molar-refractivity contribution in [1.29, 1.82) is 0 Å². The summed E-state index contributed by atoms with van der Waals surface area (Å²) in [5.74, 6) is 0.125. The smallest absolute Gasteiger partial charge is 0.316 e. The highest BCUT2D eigenvalue weighted by Crippen LogP contribution is 2.22. The van der Waals surface area contributed by atoms with E-state index in [4.69, 9.17) is 10.5 Å². The van der Waals surface area contributed by atoms with Crippen LogP contribution in [-0.4, -0.2) is 27.5 Å². The SMILES string of the molecule is COc1ccc(NS(=O)(=O)c2ccc(C)c(C(=O)Nc3ccc(NC(N)=O)cc3)c2)cc1. The number of anilines is 3. The normalized spacial score (nSPS) is 10.8. The van der Waals surface area contributed by atoms with E-state index in [0.717, 1.165) is 0 Å². The van der Waals surface area contributed by atoms with Gasteiger partial charge in [-0.2, -0.15) is 0 Å². The Morgan fingerprint density at radius 1 is 0.844 bits per heavy atom. The van der Waals surface area contributed by atoms with Gasteiger partial charge in [-0.15, -0.1) is 0 Å². The molecule has 0 saturated heterocycles. The van der Waals surface area contributed by atoms with E-state index in [-0.39, 0.29) is 10.5 Å². The molecule has 0 spiro atoms. The molecule has 0 aromatic heterocycles. The van der Waals surface area contributed by atoms with Crippen molar-refractivity contribution in [3.05, 3.63) is 77.9 Å². The third-order valence-corrected chi connectivity index (χ3v) is 5.90. The Balaban J connectivity index is 1.79. The van der Waals surface area contributed by atoms with Crippen molar-refractivity contribution in [2.45, 2.75) is 11.8 Å². The zero-order chi connectivity index (χ0) is 23.3. The lowest BCUT2D eigenvalue weighted by Gasteiger charge is -2.12. The number of ether oxygens (including phenoxy) is 1. The summed E-state index contributed by atoms with van der Waals surface area (Å²) in [5.41, 5.74) is 7.19. The molecule has 3 aromatic carbocycles. The zero-order valence-corrected chi connectivity index (χ0v) is 18.2. The molecule has 0 aliphatic rings. The van der Waals surface area contributed by atoms with Gasteiger partial charge in [-0.3, -0.25) is 9.52 Å². The molecule has 0 atom stereocenters. The number of benzene rings is 3. The lowest BCUT2D eigenvalue weighted by atomic mass is 10.1. The molecular weight excluding hydrogens is 432 g/mol. The number of amides is 3. The van der Waals surface area contributed by atoms with Crippen molar-refractivity contribution in [2.75, 3.05) is 22.5 Å². The minimum Gasteiger partial charge on any atom is -0.497 e. The van der Waals surface area contributed by atoms with Crippen molar-refractivity contribution in [3.8, 4) is 5.75 Å². The van der Waals surface area contributed by atoms with Crippen LogP contribution in [0.25, 0.3) is 0 Å². The van der Waals surface area contributed by atoms with Crippen LogP contribution in [0, 0.1) is 6.92 Å². The van der Waals surface area contributed by atoms with Gasteiger partial charge in [0.2, 0.25) is 0 Å². The maximum absolute atomic E-state index is 12.8. The van der Waals surface area contributed by atoms with E-state index < -0.39 is 22.0 Å². The number of methoxy groups -OCH3 is 1. The Labute approximate surface area is 185 Å². The molecule has 3 amide bonds. The molecule has 10 heteroatoms. The van der Waals surface area contributed by atoms with Crippen LogP contribution >= 0.6 is 0 Å². The van der Waals surface area contributed by atoms with Crippen LogP contribution in [-0.2, 0) is 10.0 Å². The van der Waals surface area contributed by atoms with Crippen molar-refractivity contribution in [3.63, 3.8) is 0 Å². The minimum absolute atomic E-state index is 0.0509. The van der Waals surface area contributed by atoms with Gasteiger partial charge in [0.25, 0.3) is 15.9 Å². The molecule has 9 nitrogen and oxygen atoms in total. The highest BCUT2D eigenvalue weighted by atomic mass is 32.2. The molecule has 5 N–H and O–H groups in total. The second kappa shape index (κ2) is 9.40. The van der Waals surface area contributed by atoms with E-state index in [1.54, 1.807) is 61.5 Å². The first-order valence-electron chi connectivity index (χ1n) is 9.43. The first-order valence-corrected chi connectivity index (χ1v) is 10.9. The van der Waals surface area contributed by atoms with Gasteiger partial charge in [-0.1, -0.05) is 6.07 Å². The van der Waals surface area contributed by atoms with Gasteiger partial charge in [0.05, 0.1) is 12.0 Å². The van der Waals surface area contributed by atoms with Gasteiger partial charge in [0.15, 0.2) is 0 Å². The van der Waals surface area contributed by atoms with Crippen LogP contribution in [0.3, 0.4) is 0 Å². The zero-order valence-electron chi connectivity index (χ0n) is 17.4. The monoisotopic (exact) mass is 454 g/mol. The summed E-state index contributed by atoms with van der Waals surface area (Å²) in [6, 6.07) is 16.4. The van der Waals surface area contributed by atoms with Gasteiger partial charge in [-0.25, -0.2) is 13.2 Å². The van der Waals surface area contributed by atoms with E-state index in [9.17, 15) is 18.0 Å². The second-order valence-corrected chi connectivity index (χ2v) is 8.51. The predicted octanol–water partition coefficient (Wildman–Crippen LogP) is 3.55. The van der Waals surface area contributed by atoms with Crippen LogP contribution in [0.4, 0.5) is 21.9 Å². The van der Waals surface area contributed by atoms with Crippen LogP contribution in [0.1, 0.15) is 15.9 Å². The molecule has 0 aliphatic carbocycles. The fourth-order valence-electron chi connectivity index (χ4n) is 2.86. The maximum atomic E-state index is 12.8. The number of nitrogens with two attached hydrogens (primary N) is 1. The Bertz CT molecular complexity index is 1240. The number of hydrogen-bond donors (Lipinski definition) is 4. The largest absolute Gasteiger partial charge is 0.497 e. The average Bonchev–Trinajstić information content (AvgIpc) is 2.75. The van der Waals surface area contributed by atoms with Crippen LogP contribution in [0.5, 0.6) is 5.75 Å². The van der Waals surface area contributed by atoms with Crippen molar-refractivity contribution >= 4 is 39.0 Å². The number of rotatable bonds is 7. The fourth-order valence-corrected chi connectivity index (χ4v) is 3.95. The number of primary amides is 1. The Morgan fingerprint density at radius 2 is 1.41 bits per heavy atom.